The Hall–Kier alpha value is -3.70. The normalized spacial score (nSPS) is 10.5. The smallest absolute Gasteiger partial charge is 0.343 e. The third-order valence-electron chi connectivity index (χ3n) is 4.28. The topological polar surface area (TPSA) is 64.1 Å². The highest BCUT2D eigenvalue weighted by Gasteiger charge is 2.10. The van der Waals surface area contributed by atoms with Crippen LogP contribution in [0.25, 0.3) is 11.3 Å². The van der Waals surface area contributed by atoms with Crippen molar-refractivity contribution in [2.24, 2.45) is 0 Å². The Bertz CT molecular complexity index is 1200. The van der Waals surface area contributed by atoms with Crippen molar-refractivity contribution in [1.82, 2.24) is 9.97 Å². The minimum Gasteiger partial charge on any atom is -0.423 e. The number of carbonyl (C=O) groups is 1. The van der Waals surface area contributed by atoms with Crippen LogP contribution in [0.4, 0.5) is 11.5 Å². The maximum Gasteiger partial charge on any atom is 0.343 e. The zero-order valence-electron chi connectivity index (χ0n) is 16.2. The first-order chi connectivity index (χ1) is 14.6. The van der Waals surface area contributed by atoms with Crippen LogP contribution < -0.4 is 10.1 Å². The van der Waals surface area contributed by atoms with Gasteiger partial charge in [-0.15, -0.1) is 0 Å². The van der Waals surface area contributed by atoms with E-state index < -0.39 is 5.97 Å². The molecule has 5 nitrogen and oxygen atoms in total. The fourth-order valence-electron chi connectivity index (χ4n) is 2.96. The lowest BCUT2D eigenvalue weighted by molar-refractivity contribution is 0.0735. The number of esters is 1. The van der Waals surface area contributed by atoms with Crippen LogP contribution in [-0.4, -0.2) is 15.9 Å². The van der Waals surface area contributed by atoms with Gasteiger partial charge in [0.05, 0.1) is 11.3 Å². The molecule has 0 atom stereocenters. The van der Waals surface area contributed by atoms with Crippen LogP contribution in [0.15, 0.2) is 84.9 Å². The number of nitrogens with one attached hydrogen (secondary N) is 1. The number of aryl methyl sites for hydroxylation is 1. The molecule has 0 aliphatic carbocycles. The Morgan fingerprint density at radius 2 is 1.70 bits per heavy atom. The first-order valence-electron chi connectivity index (χ1n) is 9.33. The minimum absolute atomic E-state index is 0.389. The van der Waals surface area contributed by atoms with Crippen molar-refractivity contribution >= 4 is 29.1 Å². The molecule has 148 valence electrons. The maximum atomic E-state index is 12.4. The standard InChI is InChI=1S/C24H18ClN3O2/c1-16-26-22(17-7-3-2-4-8-17)15-23(27-16)28-20-11-6-12-21(14-20)30-24(29)18-9-5-10-19(25)13-18/h2-15H,1H3,(H,26,27,28). The summed E-state index contributed by atoms with van der Waals surface area (Å²) in [4.78, 5) is 21.3. The van der Waals surface area contributed by atoms with Crippen molar-refractivity contribution in [3.05, 3.63) is 101 Å². The number of nitrogens with zero attached hydrogens (tertiary/aromatic N) is 2. The molecule has 1 heterocycles. The molecule has 0 aliphatic rings. The highest BCUT2D eigenvalue weighted by molar-refractivity contribution is 6.30. The van der Waals surface area contributed by atoms with Gasteiger partial charge in [-0.05, 0) is 37.3 Å². The van der Waals surface area contributed by atoms with Crippen LogP contribution in [0.1, 0.15) is 16.2 Å². The molecule has 3 aromatic carbocycles. The summed E-state index contributed by atoms with van der Waals surface area (Å²) in [6.07, 6.45) is 0. The fraction of sp³-hybridized carbons (Fsp3) is 0.0417. The van der Waals surface area contributed by atoms with E-state index in [1.165, 1.54) is 0 Å². The van der Waals surface area contributed by atoms with Crippen LogP contribution in [0.5, 0.6) is 5.75 Å². The predicted molar refractivity (Wildman–Crippen MR) is 118 cm³/mol. The third-order valence-corrected chi connectivity index (χ3v) is 4.52. The molecule has 0 fully saturated rings. The van der Waals surface area contributed by atoms with E-state index >= 15 is 0 Å². The van der Waals surface area contributed by atoms with Gasteiger partial charge in [0.25, 0.3) is 0 Å². The number of rotatable bonds is 5. The zero-order valence-corrected chi connectivity index (χ0v) is 16.9. The maximum absolute atomic E-state index is 12.4. The second kappa shape index (κ2) is 8.76. The van der Waals surface area contributed by atoms with Gasteiger partial charge in [0.1, 0.15) is 17.4 Å². The van der Waals surface area contributed by atoms with Crippen LogP contribution in [0.3, 0.4) is 0 Å². The quantitative estimate of drug-likeness (QED) is 0.316. The summed E-state index contributed by atoms with van der Waals surface area (Å²) < 4.78 is 5.48. The van der Waals surface area contributed by atoms with E-state index in [0.717, 1.165) is 16.9 Å². The summed E-state index contributed by atoms with van der Waals surface area (Å²) in [6, 6.07) is 25.6. The van der Waals surface area contributed by atoms with Gasteiger partial charge < -0.3 is 10.1 Å². The molecule has 30 heavy (non-hydrogen) atoms. The van der Waals surface area contributed by atoms with E-state index in [-0.39, 0.29) is 0 Å². The molecule has 1 N–H and O–H groups in total. The molecule has 0 saturated heterocycles. The Morgan fingerprint density at radius 1 is 0.900 bits per heavy atom. The van der Waals surface area contributed by atoms with E-state index in [1.807, 2.05) is 49.4 Å². The van der Waals surface area contributed by atoms with Crippen molar-refractivity contribution in [2.75, 3.05) is 5.32 Å². The molecule has 0 amide bonds. The Labute approximate surface area is 179 Å². The number of benzene rings is 3. The average Bonchev–Trinajstić information content (AvgIpc) is 2.74. The number of halogens is 1. The van der Waals surface area contributed by atoms with E-state index in [0.29, 0.717) is 28.0 Å². The highest BCUT2D eigenvalue weighted by Crippen LogP contribution is 2.25. The minimum atomic E-state index is -0.473. The van der Waals surface area contributed by atoms with Gasteiger partial charge in [0.15, 0.2) is 0 Å². The zero-order chi connectivity index (χ0) is 20.9. The fourth-order valence-corrected chi connectivity index (χ4v) is 3.15. The van der Waals surface area contributed by atoms with E-state index in [2.05, 4.69) is 15.3 Å². The van der Waals surface area contributed by atoms with E-state index in [9.17, 15) is 4.79 Å². The lowest BCUT2D eigenvalue weighted by Crippen LogP contribution is -2.08. The second-order valence-corrected chi connectivity index (χ2v) is 7.04. The van der Waals surface area contributed by atoms with Gasteiger partial charge >= 0.3 is 5.97 Å². The van der Waals surface area contributed by atoms with Gasteiger partial charge in [-0.1, -0.05) is 54.1 Å². The summed E-state index contributed by atoms with van der Waals surface area (Å²) in [5, 5.41) is 3.73. The lowest BCUT2D eigenvalue weighted by atomic mass is 10.1. The first-order valence-corrected chi connectivity index (χ1v) is 9.70. The first kappa shape index (κ1) is 19.6. The van der Waals surface area contributed by atoms with Crippen LogP contribution in [0.2, 0.25) is 5.02 Å². The molecule has 0 saturated carbocycles. The molecule has 0 radical (unpaired) electrons. The van der Waals surface area contributed by atoms with Gasteiger partial charge in [-0.3, -0.25) is 0 Å². The lowest BCUT2D eigenvalue weighted by Gasteiger charge is -2.10. The monoisotopic (exact) mass is 415 g/mol. The second-order valence-electron chi connectivity index (χ2n) is 6.60. The molecule has 0 spiro atoms. The predicted octanol–water partition coefficient (Wildman–Crippen LogP) is 6.07. The summed E-state index contributed by atoms with van der Waals surface area (Å²) in [5.74, 6) is 1.25. The number of carbonyl (C=O) groups excluding carboxylic acids is 1. The van der Waals surface area contributed by atoms with E-state index in [1.54, 1.807) is 42.5 Å². The Kier molecular flexibility index (Phi) is 5.72. The molecule has 4 aromatic rings. The van der Waals surface area contributed by atoms with Crippen molar-refractivity contribution in [3.8, 4) is 17.0 Å². The van der Waals surface area contributed by atoms with Crippen molar-refractivity contribution in [2.45, 2.75) is 6.92 Å². The van der Waals surface area contributed by atoms with Crippen molar-refractivity contribution in [3.63, 3.8) is 0 Å². The summed E-state index contributed by atoms with van der Waals surface area (Å²) in [7, 11) is 0. The van der Waals surface area contributed by atoms with Crippen LogP contribution in [0, 0.1) is 6.92 Å². The van der Waals surface area contributed by atoms with Crippen LogP contribution >= 0.6 is 11.6 Å². The van der Waals surface area contributed by atoms with Gasteiger partial charge in [0.2, 0.25) is 0 Å². The van der Waals surface area contributed by atoms with Crippen molar-refractivity contribution < 1.29 is 9.53 Å². The largest absolute Gasteiger partial charge is 0.423 e. The summed E-state index contributed by atoms with van der Waals surface area (Å²) in [6.45, 7) is 1.85. The molecule has 4 rings (SSSR count). The van der Waals surface area contributed by atoms with Gasteiger partial charge in [-0.25, -0.2) is 14.8 Å². The van der Waals surface area contributed by atoms with Gasteiger partial charge in [-0.2, -0.15) is 0 Å². The molecule has 0 unspecified atom stereocenters. The highest BCUT2D eigenvalue weighted by atomic mass is 35.5. The number of hydrogen-bond acceptors (Lipinski definition) is 5. The van der Waals surface area contributed by atoms with Crippen LogP contribution in [-0.2, 0) is 0 Å². The SMILES string of the molecule is Cc1nc(Nc2cccc(OC(=O)c3cccc(Cl)c3)c2)cc(-c2ccccc2)n1. The molecule has 0 aliphatic heterocycles. The number of ether oxygens (including phenoxy) is 1. The molecular formula is C24H18ClN3O2. The number of anilines is 2. The molecule has 0 bridgehead atoms. The molecular weight excluding hydrogens is 398 g/mol. The number of hydrogen-bond donors (Lipinski definition) is 1. The molecule has 6 heteroatoms. The molecule has 1 aromatic heterocycles. The van der Waals surface area contributed by atoms with Crippen molar-refractivity contribution in [1.29, 1.82) is 0 Å². The Balaban J connectivity index is 1.54. The number of aromatic nitrogens is 2. The summed E-state index contributed by atoms with van der Waals surface area (Å²) >= 11 is 5.95. The summed E-state index contributed by atoms with van der Waals surface area (Å²) in [5.41, 5.74) is 2.97. The average molecular weight is 416 g/mol. The van der Waals surface area contributed by atoms with E-state index in [4.69, 9.17) is 16.3 Å². The Morgan fingerprint density at radius 3 is 2.50 bits per heavy atom. The van der Waals surface area contributed by atoms with Gasteiger partial charge in [0, 0.05) is 28.4 Å². The third kappa shape index (κ3) is 4.82.